The Kier molecular flexibility index (Phi) is 8.83. The normalized spacial score (nSPS) is 11.8. The fourth-order valence-electron chi connectivity index (χ4n) is 4.58. The maximum Gasteiger partial charge on any atom is 0.422 e. The minimum Gasteiger partial charge on any atom is -0.481 e. The SMILES string of the molecule is CCCCCCCc1ccc(-c2cc(F)c(-c3ccc4c(F)c(OCC(F)(F)F)ccc4c3)c(F)c2)c(F)c1. The van der Waals surface area contributed by atoms with Gasteiger partial charge in [0.25, 0.3) is 0 Å². The van der Waals surface area contributed by atoms with Crippen LogP contribution in [-0.2, 0) is 6.42 Å². The van der Waals surface area contributed by atoms with Gasteiger partial charge in [0, 0.05) is 10.9 Å². The Bertz CT molecular complexity index is 1440. The number of rotatable bonds is 10. The molecule has 0 aromatic heterocycles. The van der Waals surface area contributed by atoms with Crippen molar-refractivity contribution in [3.63, 3.8) is 0 Å². The number of hydrogen-bond donors (Lipinski definition) is 0. The van der Waals surface area contributed by atoms with Gasteiger partial charge in [0.15, 0.2) is 18.2 Å². The molecular weight excluding hydrogens is 521 g/mol. The number of alkyl halides is 3. The van der Waals surface area contributed by atoms with Gasteiger partial charge < -0.3 is 4.74 Å². The van der Waals surface area contributed by atoms with Crippen LogP contribution in [0.15, 0.2) is 60.7 Å². The molecule has 0 aliphatic heterocycles. The van der Waals surface area contributed by atoms with Crippen LogP contribution in [0.3, 0.4) is 0 Å². The van der Waals surface area contributed by atoms with E-state index in [0.29, 0.717) is 0 Å². The zero-order chi connectivity index (χ0) is 28.2. The predicted molar refractivity (Wildman–Crippen MR) is 139 cm³/mol. The molecule has 0 spiro atoms. The van der Waals surface area contributed by atoms with Crippen molar-refractivity contribution in [1.29, 1.82) is 0 Å². The topological polar surface area (TPSA) is 9.23 Å². The Morgan fingerprint density at radius 3 is 2.08 bits per heavy atom. The zero-order valence-electron chi connectivity index (χ0n) is 21.3. The van der Waals surface area contributed by atoms with Crippen LogP contribution in [0, 0.1) is 23.3 Å². The maximum absolute atomic E-state index is 15.2. The first-order chi connectivity index (χ1) is 18.6. The summed E-state index contributed by atoms with van der Waals surface area (Å²) in [5, 5.41) is 0.145. The van der Waals surface area contributed by atoms with Crippen LogP contribution in [0.2, 0.25) is 0 Å². The van der Waals surface area contributed by atoms with Gasteiger partial charge in [-0.2, -0.15) is 13.2 Å². The van der Waals surface area contributed by atoms with Crippen molar-refractivity contribution in [2.24, 2.45) is 0 Å². The molecule has 206 valence electrons. The molecular formula is C31H27F7O. The number of halogens is 7. The molecule has 4 aromatic rings. The molecule has 0 aliphatic rings. The smallest absolute Gasteiger partial charge is 0.422 e. The fraction of sp³-hybridized carbons (Fsp3) is 0.290. The summed E-state index contributed by atoms with van der Waals surface area (Å²) >= 11 is 0. The van der Waals surface area contributed by atoms with Crippen LogP contribution < -0.4 is 4.74 Å². The highest BCUT2D eigenvalue weighted by Crippen LogP contribution is 2.35. The average Bonchev–Trinajstić information content (AvgIpc) is 2.87. The first kappa shape index (κ1) is 28.5. The van der Waals surface area contributed by atoms with Crippen molar-refractivity contribution in [2.75, 3.05) is 6.61 Å². The molecule has 8 heteroatoms. The van der Waals surface area contributed by atoms with Gasteiger partial charge in [0.2, 0.25) is 0 Å². The third kappa shape index (κ3) is 6.91. The standard InChI is InChI=1S/C31H27F7O/c1-2-3-4-5-6-7-19-8-11-23(25(32)14-19)22-16-26(33)29(27(34)17-22)21-9-12-24-20(15-21)10-13-28(30(24)35)39-18-31(36,37)38/h8-17H,2-7,18H2,1H3. The van der Waals surface area contributed by atoms with Crippen LogP contribution in [0.25, 0.3) is 33.0 Å². The fourth-order valence-corrected chi connectivity index (χ4v) is 4.58. The van der Waals surface area contributed by atoms with E-state index >= 15 is 8.78 Å². The van der Waals surface area contributed by atoms with E-state index in [1.807, 2.05) is 0 Å². The lowest BCUT2D eigenvalue weighted by Gasteiger charge is -2.13. The summed E-state index contributed by atoms with van der Waals surface area (Å²) in [5.74, 6) is -4.04. The summed E-state index contributed by atoms with van der Waals surface area (Å²) in [5.41, 5.74) is 0.634. The molecule has 0 heterocycles. The van der Waals surface area contributed by atoms with E-state index in [1.165, 1.54) is 36.4 Å². The van der Waals surface area contributed by atoms with Crippen LogP contribution >= 0.6 is 0 Å². The molecule has 39 heavy (non-hydrogen) atoms. The number of ether oxygens (including phenoxy) is 1. The van der Waals surface area contributed by atoms with Crippen molar-refractivity contribution >= 4 is 10.8 Å². The molecule has 0 fully saturated rings. The summed E-state index contributed by atoms with van der Waals surface area (Å²) in [7, 11) is 0. The van der Waals surface area contributed by atoms with Crippen LogP contribution in [0.4, 0.5) is 30.7 Å². The third-order valence-corrected chi connectivity index (χ3v) is 6.55. The lowest BCUT2D eigenvalue weighted by atomic mass is 9.95. The minimum absolute atomic E-state index is 0.0408. The van der Waals surface area contributed by atoms with Gasteiger partial charge in [0.05, 0.1) is 5.56 Å². The Morgan fingerprint density at radius 1 is 0.692 bits per heavy atom. The van der Waals surface area contributed by atoms with Crippen LogP contribution in [-0.4, -0.2) is 12.8 Å². The predicted octanol–water partition coefficient (Wildman–Crippen LogP) is 10.2. The summed E-state index contributed by atoms with van der Waals surface area (Å²) in [4.78, 5) is 0. The Labute approximate surface area is 222 Å². The van der Waals surface area contributed by atoms with Gasteiger partial charge in [-0.25, -0.2) is 17.6 Å². The van der Waals surface area contributed by atoms with Crippen molar-refractivity contribution in [1.82, 2.24) is 0 Å². The van der Waals surface area contributed by atoms with E-state index in [4.69, 9.17) is 0 Å². The number of benzene rings is 4. The molecule has 4 rings (SSSR count). The van der Waals surface area contributed by atoms with Crippen molar-refractivity contribution < 1.29 is 35.5 Å². The number of hydrogen-bond acceptors (Lipinski definition) is 1. The third-order valence-electron chi connectivity index (χ3n) is 6.55. The molecule has 0 N–H and O–H groups in total. The van der Waals surface area contributed by atoms with Gasteiger partial charge >= 0.3 is 6.18 Å². The lowest BCUT2D eigenvalue weighted by molar-refractivity contribution is -0.153. The highest BCUT2D eigenvalue weighted by molar-refractivity contribution is 5.89. The van der Waals surface area contributed by atoms with Crippen LogP contribution in [0.5, 0.6) is 5.75 Å². The molecule has 0 aliphatic carbocycles. The van der Waals surface area contributed by atoms with Crippen molar-refractivity contribution in [3.05, 3.63) is 89.5 Å². The molecule has 0 bridgehead atoms. The van der Waals surface area contributed by atoms with Gasteiger partial charge in [-0.1, -0.05) is 62.9 Å². The molecule has 0 saturated heterocycles. The molecule has 0 unspecified atom stereocenters. The van der Waals surface area contributed by atoms with Gasteiger partial charge in [-0.3, -0.25) is 0 Å². The monoisotopic (exact) mass is 548 g/mol. The zero-order valence-corrected chi connectivity index (χ0v) is 21.3. The average molecular weight is 549 g/mol. The highest BCUT2D eigenvalue weighted by Gasteiger charge is 2.29. The van der Waals surface area contributed by atoms with E-state index in [-0.39, 0.29) is 33.0 Å². The Morgan fingerprint density at radius 2 is 1.41 bits per heavy atom. The van der Waals surface area contributed by atoms with E-state index in [9.17, 15) is 22.0 Å². The number of aryl methyl sites for hydroxylation is 1. The Balaban J connectivity index is 1.57. The number of unbranched alkanes of at least 4 members (excludes halogenated alkanes) is 4. The van der Waals surface area contributed by atoms with Crippen molar-refractivity contribution in [3.8, 4) is 28.0 Å². The van der Waals surface area contributed by atoms with Crippen molar-refractivity contribution in [2.45, 2.75) is 51.6 Å². The summed E-state index contributed by atoms with van der Waals surface area (Å²) in [6.07, 6.45) is 1.52. The second-order valence-electron chi connectivity index (χ2n) is 9.51. The maximum atomic E-state index is 15.2. The molecule has 0 atom stereocenters. The quantitative estimate of drug-likeness (QED) is 0.142. The van der Waals surface area contributed by atoms with Gasteiger partial charge in [-0.15, -0.1) is 0 Å². The largest absolute Gasteiger partial charge is 0.481 e. The second-order valence-corrected chi connectivity index (χ2v) is 9.51. The van der Waals surface area contributed by atoms with Gasteiger partial charge in [0.1, 0.15) is 17.5 Å². The minimum atomic E-state index is -4.63. The molecule has 0 saturated carbocycles. The molecule has 4 aromatic carbocycles. The first-order valence-electron chi connectivity index (χ1n) is 12.8. The Hall–Kier alpha value is -3.55. The van der Waals surface area contributed by atoms with E-state index in [0.717, 1.165) is 62.3 Å². The summed E-state index contributed by atoms with van der Waals surface area (Å²) in [6, 6.07) is 12.9. The van der Waals surface area contributed by atoms with E-state index < -0.39 is 41.8 Å². The molecule has 0 amide bonds. The van der Waals surface area contributed by atoms with Gasteiger partial charge in [-0.05, 0) is 65.3 Å². The number of fused-ring (bicyclic) bond motifs is 1. The molecule has 0 radical (unpaired) electrons. The lowest BCUT2D eigenvalue weighted by Crippen LogP contribution is -2.19. The summed E-state index contributed by atoms with van der Waals surface area (Å²) < 4.78 is 102. The first-order valence-corrected chi connectivity index (χ1v) is 12.8. The second kappa shape index (κ2) is 12.1. The highest BCUT2D eigenvalue weighted by atomic mass is 19.4. The molecule has 1 nitrogen and oxygen atoms in total. The van der Waals surface area contributed by atoms with Crippen LogP contribution in [0.1, 0.15) is 44.6 Å². The van der Waals surface area contributed by atoms with E-state index in [2.05, 4.69) is 11.7 Å². The summed E-state index contributed by atoms with van der Waals surface area (Å²) in [6.45, 7) is 0.479. The van der Waals surface area contributed by atoms with E-state index in [1.54, 1.807) is 6.07 Å².